The summed E-state index contributed by atoms with van der Waals surface area (Å²) in [5.41, 5.74) is 0.972. The lowest BCUT2D eigenvalue weighted by Gasteiger charge is -2.22. The minimum absolute atomic E-state index is 0.158. The number of hydrogen-bond donors (Lipinski definition) is 0. The van der Waals surface area contributed by atoms with Crippen molar-refractivity contribution in [3.8, 4) is 0 Å². The van der Waals surface area contributed by atoms with Gasteiger partial charge in [-0.3, -0.25) is 9.59 Å². The maximum absolute atomic E-state index is 12.4. The van der Waals surface area contributed by atoms with E-state index in [4.69, 9.17) is 0 Å². The first-order valence-electron chi connectivity index (χ1n) is 8.11. The van der Waals surface area contributed by atoms with Gasteiger partial charge in [-0.25, -0.2) is 0 Å². The molecule has 0 atom stereocenters. The third-order valence-corrected chi connectivity index (χ3v) is 3.57. The zero-order valence-corrected chi connectivity index (χ0v) is 13.7. The van der Waals surface area contributed by atoms with Crippen molar-refractivity contribution in [2.45, 2.75) is 51.9 Å². The standard InChI is InChI=1S/C18H27NO3/c1-3-15-19(16-11-7-6-8-12-16)17(20)13-9-4-5-10-14-18(21)22-2/h6-8,11-12H,3-5,9-10,13-15H2,1-2H3. The van der Waals surface area contributed by atoms with Gasteiger partial charge in [0, 0.05) is 25.1 Å². The number of ether oxygens (including phenoxy) is 1. The number of nitrogens with zero attached hydrogens (tertiary/aromatic N) is 1. The second kappa shape index (κ2) is 10.8. The summed E-state index contributed by atoms with van der Waals surface area (Å²) in [6.07, 6.45) is 5.60. The molecule has 122 valence electrons. The predicted molar refractivity (Wildman–Crippen MR) is 88.8 cm³/mol. The molecule has 4 nitrogen and oxygen atoms in total. The first-order valence-corrected chi connectivity index (χ1v) is 8.11. The van der Waals surface area contributed by atoms with Gasteiger partial charge >= 0.3 is 5.97 Å². The molecule has 0 unspecified atom stereocenters. The van der Waals surface area contributed by atoms with Gasteiger partial charge in [0.2, 0.25) is 5.91 Å². The molecule has 0 saturated carbocycles. The van der Waals surface area contributed by atoms with E-state index in [1.807, 2.05) is 35.2 Å². The quantitative estimate of drug-likeness (QED) is 0.486. The molecule has 0 aliphatic heterocycles. The number of unbranched alkanes of at least 4 members (excludes halogenated alkanes) is 3. The lowest BCUT2D eigenvalue weighted by molar-refractivity contribution is -0.140. The minimum Gasteiger partial charge on any atom is -0.469 e. The summed E-state index contributed by atoms with van der Waals surface area (Å²) in [6.45, 7) is 2.83. The van der Waals surface area contributed by atoms with Crippen LogP contribution in [0.3, 0.4) is 0 Å². The topological polar surface area (TPSA) is 46.6 Å². The third kappa shape index (κ3) is 6.74. The van der Waals surface area contributed by atoms with E-state index in [2.05, 4.69) is 11.7 Å². The van der Waals surface area contributed by atoms with Gasteiger partial charge in [-0.15, -0.1) is 0 Å². The lowest BCUT2D eigenvalue weighted by atomic mass is 10.1. The summed E-state index contributed by atoms with van der Waals surface area (Å²) in [4.78, 5) is 25.2. The molecule has 0 radical (unpaired) electrons. The highest BCUT2D eigenvalue weighted by Crippen LogP contribution is 2.16. The molecule has 0 spiro atoms. The zero-order chi connectivity index (χ0) is 16.2. The second-order valence-corrected chi connectivity index (χ2v) is 5.37. The number of hydrogen-bond acceptors (Lipinski definition) is 3. The summed E-state index contributed by atoms with van der Waals surface area (Å²) in [5.74, 6) is 0.0234. The van der Waals surface area contributed by atoms with E-state index in [1.54, 1.807) is 0 Å². The molecule has 0 saturated heterocycles. The third-order valence-electron chi connectivity index (χ3n) is 3.57. The van der Waals surface area contributed by atoms with Crippen LogP contribution in [0.2, 0.25) is 0 Å². The number of rotatable bonds is 10. The van der Waals surface area contributed by atoms with Crippen molar-refractivity contribution in [3.63, 3.8) is 0 Å². The highest BCUT2D eigenvalue weighted by atomic mass is 16.5. The number of methoxy groups -OCH3 is 1. The Bertz CT molecular complexity index is 445. The van der Waals surface area contributed by atoms with Crippen LogP contribution in [-0.2, 0) is 14.3 Å². The van der Waals surface area contributed by atoms with Gasteiger partial charge in [0.05, 0.1) is 7.11 Å². The first-order chi connectivity index (χ1) is 10.7. The van der Waals surface area contributed by atoms with Gasteiger partial charge < -0.3 is 9.64 Å². The van der Waals surface area contributed by atoms with Crippen LogP contribution in [0.5, 0.6) is 0 Å². The zero-order valence-electron chi connectivity index (χ0n) is 13.7. The van der Waals surface area contributed by atoms with Gasteiger partial charge in [0.15, 0.2) is 0 Å². The van der Waals surface area contributed by atoms with Crippen LogP contribution in [0, 0.1) is 0 Å². The maximum Gasteiger partial charge on any atom is 0.305 e. The van der Waals surface area contributed by atoms with Crippen LogP contribution >= 0.6 is 0 Å². The molecule has 1 amide bonds. The van der Waals surface area contributed by atoms with Crippen molar-refractivity contribution in [1.82, 2.24) is 0 Å². The molecule has 0 N–H and O–H groups in total. The van der Waals surface area contributed by atoms with Crippen LogP contribution in [0.25, 0.3) is 0 Å². The van der Waals surface area contributed by atoms with Crippen molar-refractivity contribution < 1.29 is 14.3 Å². The second-order valence-electron chi connectivity index (χ2n) is 5.37. The van der Waals surface area contributed by atoms with Crippen LogP contribution in [0.15, 0.2) is 30.3 Å². The molecule has 0 aromatic heterocycles. The van der Waals surface area contributed by atoms with E-state index in [9.17, 15) is 9.59 Å². The number of esters is 1. The molecule has 0 aliphatic rings. The Morgan fingerprint density at radius 1 is 1.00 bits per heavy atom. The van der Waals surface area contributed by atoms with Gasteiger partial charge in [-0.1, -0.05) is 38.0 Å². The van der Waals surface area contributed by atoms with Gasteiger partial charge in [-0.05, 0) is 31.4 Å². The molecule has 0 aliphatic carbocycles. The Hall–Kier alpha value is -1.84. The highest BCUT2D eigenvalue weighted by Gasteiger charge is 2.13. The fourth-order valence-corrected chi connectivity index (χ4v) is 2.37. The van der Waals surface area contributed by atoms with E-state index in [0.717, 1.165) is 44.3 Å². The summed E-state index contributed by atoms with van der Waals surface area (Å²) in [5, 5.41) is 0. The first kappa shape index (κ1) is 18.2. The fourth-order valence-electron chi connectivity index (χ4n) is 2.37. The Morgan fingerprint density at radius 3 is 2.23 bits per heavy atom. The van der Waals surface area contributed by atoms with Gasteiger partial charge in [-0.2, -0.15) is 0 Å². The van der Waals surface area contributed by atoms with E-state index in [-0.39, 0.29) is 11.9 Å². The molecule has 0 fully saturated rings. The molecule has 22 heavy (non-hydrogen) atoms. The smallest absolute Gasteiger partial charge is 0.305 e. The number of carbonyl (C=O) groups is 2. The van der Waals surface area contributed by atoms with Crippen LogP contribution in [0.4, 0.5) is 5.69 Å². The SMILES string of the molecule is CCCN(C(=O)CCCCCCC(=O)OC)c1ccccc1. The van der Waals surface area contributed by atoms with Gasteiger partial charge in [0.25, 0.3) is 0 Å². The largest absolute Gasteiger partial charge is 0.469 e. The summed E-state index contributed by atoms with van der Waals surface area (Å²) in [6, 6.07) is 9.82. The van der Waals surface area contributed by atoms with E-state index >= 15 is 0 Å². The average molecular weight is 305 g/mol. The monoisotopic (exact) mass is 305 g/mol. The van der Waals surface area contributed by atoms with Gasteiger partial charge in [0.1, 0.15) is 0 Å². The van der Waals surface area contributed by atoms with Crippen LogP contribution in [0.1, 0.15) is 51.9 Å². The Morgan fingerprint density at radius 2 is 1.64 bits per heavy atom. The van der Waals surface area contributed by atoms with Crippen molar-refractivity contribution in [2.75, 3.05) is 18.6 Å². The Kier molecular flexibility index (Phi) is 8.96. The number of amides is 1. The minimum atomic E-state index is -0.158. The van der Waals surface area contributed by atoms with Crippen molar-refractivity contribution in [2.24, 2.45) is 0 Å². The highest BCUT2D eigenvalue weighted by molar-refractivity contribution is 5.93. The van der Waals surface area contributed by atoms with Crippen LogP contribution < -0.4 is 4.90 Å². The van der Waals surface area contributed by atoms with Crippen molar-refractivity contribution in [3.05, 3.63) is 30.3 Å². The molecule has 1 rings (SSSR count). The van der Waals surface area contributed by atoms with E-state index in [1.165, 1.54) is 7.11 Å². The molecule has 1 aromatic rings. The van der Waals surface area contributed by atoms with E-state index < -0.39 is 0 Å². The molecule has 1 aromatic carbocycles. The average Bonchev–Trinajstić information content (AvgIpc) is 2.56. The van der Waals surface area contributed by atoms with Crippen LogP contribution in [-0.4, -0.2) is 25.5 Å². The summed E-state index contributed by atoms with van der Waals surface area (Å²) in [7, 11) is 1.41. The number of anilines is 1. The predicted octanol–water partition coefficient (Wildman–Crippen LogP) is 3.94. The lowest BCUT2D eigenvalue weighted by Crippen LogP contribution is -2.31. The number of carbonyl (C=O) groups excluding carboxylic acids is 2. The van der Waals surface area contributed by atoms with Crippen molar-refractivity contribution >= 4 is 17.6 Å². The molecular formula is C18H27NO3. The summed E-state index contributed by atoms with van der Waals surface area (Å²) < 4.78 is 4.60. The number of para-hydroxylation sites is 1. The molecule has 0 bridgehead atoms. The molecule has 0 heterocycles. The Balaban J connectivity index is 2.31. The molecular weight excluding hydrogens is 278 g/mol. The molecule has 4 heteroatoms. The Labute approximate surface area is 133 Å². The summed E-state index contributed by atoms with van der Waals surface area (Å²) >= 11 is 0. The van der Waals surface area contributed by atoms with Crippen molar-refractivity contribution in [1.29, 1.82) is 0 Å². The number of benzene rings is 1. The maximum atomic E-state index is 12.4. The fraction of sp³-hybridized carbons (Fsp3) is 0.556. The van der Waals surface area contributed by atoms with E-state index in [0.29, 0.717) is 12.8 Å². The normalized spacial score (nSPS) is 10.3.